The summed E-state index contributed by atoms with van der Waals surface area (Å²) in [6.07, 6.45) is 0.878. The summed E-state index contributed by atoms with van der Waals surface area (Å²) >= 11 is 0. The number of ether oxygens (including phenoxy) is 1. The number of methoxy groups -OCH3 is 1. The first-order chi connectivity index (χ1) is 9.44. The third-order valence-corrected chi connectivity index (χ3v) is 3.89. The topological polar surface area (TPSA) is 70.6 Å². The summed E-state index contributed by atoms with van der Waals surface area (Å²) in [7, 11) is 1.53. The van der Waals surface area contributed by atoms with Crippen molar-refractivity contribution in [3.05, 3.63) is 23.8 Å². The molecule has 1 amide bonds. The lowest BCUT2D eigenvalue weighted by atomic mass is 9.80. The minimum Gasteiger partial charge on any atom is -0.507 e. The van der Waals surface area contributed by atoms with Gasteiger partial charge in [-0.1, -0.05) is 13.8 Å². The van der Waals surface area contributed by atoms with Gasteiger partial charge in [-0.25, -0.2) is 0 Å². The van der Waals surface area contributed by atoms with Gasteiger partial charge >= 0.3 is 0 Å². The Hall–Kier alpha value is -1.75. The number of hydrogen-bond donors (Lipinski definition) is 3. The number of phenolic OH excluding ortho intramolecular Hbond substituents is 1. The zero-order valence-corrected chi connectivity index (χ0v) is 12.2. The summed E-state index contributed by atoms with van der Waals surface area (Å²) in [5, 5.41) is 16.2. The molecule has 5 nitrogen and oxygen atoms in total. The van der Waals surface area contributed by atoms with E-state index >= 15 is 0 Å². The van der Waals surface area contributed by atoms with Gasteiger partial charge in [-0.05, 0) is 36.6 Å². The van der Waals surface area contributed by atoms with Gasteiger partial charge in [0, 0.05) is 12.6 Å². The van der Waals surface area contributed by atoms with Crippen molar-refractivity contribution in [1.82, 2.24) is 10.6 Å². The SMILES string of the molecule is COc1ccc(O)c(C(=O)NC2CCNCC2(C)C)c1. The summed E-state index contributed by atoms with van der Waals surface area (Å²) in [6, 6.07) is 4.74. The highest BCUT2D eigenvalue weighted by Gasteiger charge is 2.33. The summed E-state index contributed by atoms with van der Waals surface area (Å²) in [5.74, 6) is 0.258. The maximum absolute atomic E-state index is 12.3. The Bertz CT molecular complexity index is 500. The van der Waals surface area contributed by atoms with E-state index in [2.05, 4.69) is 24.5 Å². The number of amides is 1. The van der Waals surface area contributed by atoms with Crippen molar-refractivity contribution in [1.29, 1.82) is 0 Å². The van der Waals surface area contributed by atoms with Crippen LogP contribution in [0.3, 0.4) is 0 Å². The van der Waals surface area contributed by atoms with Crippen LogP contribution < -0.4 is 15.4 Å². The fourth-order valence-corrected chi connectivity index (χ4v) is 2.50. The first-order valence-corrected chi connectivity index (χ1v) is 6.82. The molecule has 1 unspecified atom stereocenters. The summed E-state index contributed by atoms with van der Waals surface area (Å²) in [4.78, 5) is 12.3. The molecule has 0 radical (unpaired) electrons. The van der Waals surface area contributed by atoms with Crippen LogP contribution in [0.5, 0.6) is 11.5 Å². The van der Waals surface area contributed by atoms with Crippen molar-refractivity contribution in [3.8, 4) is 11.5 Å². The van der Waals surface area contributed by atoms with Crippen molar-refractivity contribution in [2.75, 3.05) is 20.2 Å². The van der Waals surface area contributed by atoms with Gasteiger partial charge in [0.15, 0.2) is 0 Å². The molecule has 0 spiro atoms. The van der Waals surface area contributed by atoms with Crippen LogP contribution in [0.25, 0.3) is 0 Å². The molecule has 1 fully saturated rings. The summed E-state index contributed by atoms with van der Waals surface area (Å²) in [5.41, 5.74) is 0.237. The number of nitrogens with one attached hydrogen (secondary N) is 2. The number of carbonyl (C=O) groups is 1. The Kier molecular flexibility index (Phi) is 4.18. The molecule has 1 aromatic carbocycles. The molecule has 1 aliphatic heterocycles. The summed E-state index contributed by atoms with van der Waals surface area (Å²) < 4.78 is 5.09. The molecule has 1 heterocycles. The number of benzene rings is 1. The van der Waals surface area contributed by atoms with Gasteiger partial charge in [0.2, 0.25) is 0 Å². The van der Waals surface area contributed by atoms with Gasteiger partial charge in [0.05, 0.1) is 12.7 Å². The van der Waals surface area contributed by atoms with Crippen LogP contribution in [0, 0.1) is 5.41 Å². The van der Waals surface area contributed by atoms with Gasteiger partial charge in [0.25, 0.3) is 5.91 Å². The van der Waals surface area contributed by atoms with Gasteiger partial charge in [-0.15, -0.1) is 0 Å². The molecule has 3 N–H and O–H groups in total. The van der Waals surface area contributed by atoms with E-state index in [1.54, 1.807) is 12.1 Å². The van der Waals surface area contributed by atoms with Crippen molar-refractivity contribution < 1.29 is 14.6 Å². The van der Waals surface area contributed by atoms with Crippen molar-refractivity contribution in [3.63, 3.8) is 0 Å². The molecule has 1 saturated heterocycles. The zero-order valence-electron chi connectivity index (χ0n) is 12.2. The average molecular weight is 278 g/mol. The van der Waals surface area contributed by atoms with Gasteiger partial charge < -0.3 is 20.5 Å². The molecule has 1 aliphatic rings. The van der Waals surface area contributed by atoms with Crippen LogP contribution in [0.15, 0.2) is 18.2 Å². The van der Waals surface area contributed by atoms with E-state index in [0.717, 1.165) is 19.5 Å². The molecule has 0 aliphatic carbocycles. The number of phenols is 1. The van der Waals surface area contributed by atoms with Crippen LogP contribution in [-0.2, 0) is 0 Å². The van der Waals surface area contributed by atoms with Crippen molar-refractivity contribution >= 4 is 5.91 Å². The fraction of sp³-hybridized carbons (Fsp3) is 0.533. The van der Waals surface area contributed by atoms with Crippen molar-refractivity contribution in [2.24, 2.45) is 5.41 Å². The number of hydrogen-bond acceptors (Lipinski definition) is 4. The molecule has 0 bridgehead atoms. The standard InChI is InChI=1S/C15H22N2O3/c1-15(2)9-16-7-6-13(15)17-14(19)11-8-10(20-3)4-5-12(11)18/h4-5,8,13,16,18H,6-7,9H2,1-3H3,(H,17,19). The Morgan fingerprint density at radius 1 is 1.50 bits per heavy atom. The molecule has 1 aromatic rings. The molecular formula is C15H22N2O3. The number of piperidine rings is 1. The summed E-state index contributed by atoms with van der Waals surface area (Å²) in [6.45, 7) is 5.99. The van der Waals surface area contributed by atoms with Crippen LogP contribution in [0.2, 0.25) is 0 Å². The Balaban J connectivity index is 2.15. The van der Waals surface area contributed by atoms with Gasteiger partial charge in [-0.2, -0.15) is 0 Å². The largest absolute Gasteiger partial charge is 0.507 e. The fourth-order valence-electron chi connectivity index (χ4n) is 2.50. The minimum absolute atomic E-state index is 0.0115. The van der Waals surface area contributed by atoms with Crippen LogP contribution >= 0.6 is 0 Å². The molecule has 20 heavy (non-hydrogen) atoms. The lowest BCUT2D eigenvalue weighted by Crippen LogP contribution is -2.54. The third kappa shape index (κ3) is 3.04. The predicted octanol–water partition coefficient (Wildman–Crippen LogP) is 1.52. The highest BCUT2D eigenvalue weighted by molar-refractivity contribution is 5.97. The van der Waals surface area contributed by atoms with E-state index < -0.39 is 0 Å². The number of aromatic hydroxyl groups is 1. The van der Waals surface area contributed by atoms with E-state index in [1.165, 1.54) is 13.2 Å². The maximum atomic E-state index is 12.3. The lowest BCUT2D eigenvalue weighted by molar-refractivity contribution is 0.0865. The Morgan fingerprint density at radius 2 is 2.25 bits per heavy atom. The molecular weight excluding hydrogens is 256 g/mol. The van der Waals surface area contributed by atoms with Gasteiger partial charge in [-0.3, -0.25) is 4.79 Å². The maximum Gasteiger partial charge on any atom is 0.255 e. The molecule has 2 rings (SSSR count). The monoisotopic (exact) mass is 278 g/mol. The second-order valence-corrected chi connectivity index (χ2v) is 5.86. The second kappa shape index (κ2) is 5.71. The highest BCUT2D eigenvalue weighted by atomic mass is 16.5. The molecule has 1 atom stereocenters. The minimum atomic E-state index is -0.263. The first-order valence-electron chi connectivity index (χ1n) is 6.82. The number of carbonyl (C=O) groups excluding carboxylic acids is 1. The molecule has 110 valence electrons. The van der Waals surface area contributed by atoms with E-state index in [4.69, 9.17) is 4.74 Å². The zero-order chi connectivity index (χ0) is 14.8. The quantitative estimate of drug-likeness (QED) is 0.784. The van der Waals surface area contributed by atoms with Crippen LogP contribution in [0.4, 0.5) is 0 Å². The van der Waals surface area contributed by atoms with Crippen molar-refractivity contribution in [2.45, 2.75) is 26.3 Å². The smallest absolute Gasteiger partial charge is 0.255 e. The van der Waals surface area contributed by atoms with Gasteiger partial charge in [0.1, 0.15) is 11.5 Å². The average Bonchev–Trinajstić information content (AvgIpc) is 2.41. The van der Waals surface area contributed by atoms with Crippen LogP contribution in [-0.4, -0.2) is 37.3 Å². The molecule has 0 saturated carbocycles. The number of rotatable bonds is 3. The van der Waals surface area contributed by atoms with Crippen LogP contribution in [0.1, 0.15) is 30.6 Å². The molecule has 0 aromatic heterocycles. The highest BCUT2D eigenvalue weighted by Crippen LogP contribution is 2.27. The van der Waals surface area contributed by atoms with E-state index in [1.807, 2.05) is 0 Å². The Morgan fingerprint density at radius 3 is 2.90 bits per heavy atom. The van der Waals surface area contributed by atoms with E-state index in [9.17, 15) is 9.90 Å². The van der Waals surface area contributed by atoms with E-state index in [-0.39, 0.29) is 28.7 Å². The first kappa shape index (κ1) is 14.7. The second-order valence-electron chi connectivity index (χ2n) is 5.86. The predicted molar refractivity (Wildman–Crippen MR) is 77.2 cm³/mol. The van der Waals surface area contributed by atoms with E-state index in [0.29, 0.717) is 5.75 Å². The lowest BCUT2D eigenvalue weighted by Gasteiger charge is -2.39. The Labute approximate surface area is 119 Å². The molecule has 5 heteroatoms. The third-order valence-electron chi connectivity index (χ3n) is 3.89. The normalized spacial score (nSPS) is 21.2.